The first-order valence-electron chi connectivity index (χ1n) is 6.76. The highest BCUT2D eigenvalue weighted by atomic mass is 35.5. The molecule has 0 fully saturated rings. The maximum absolute atomic E-state index is 11.9. The van der Waals surface area contributed by atoms with Gasteiger partial charge in [0.1, 0.15) is 17.7 Å². The Hall–Kier alpha value is -3.13. The molecule has 122 valence electrons. The summed E-state index contributed by atoms with van der Waals surface area (Å²) < 4.78 is 9.78. The van der Waals surface area contributed by atoms with Crippen molar-refractivity contribution < 1.29 is 14.1 Å². The van der Waals surface area contributed by atoms with Gasteiger partial charge in [0, 0.05) is 11.6 Å². The molecule has 0 unspecified atom stereocenters. The SMILES string of the molecule is COc1ccc(Cl)c(-c2ncc(NC(=O)c3ccon3)nc2N)c1. The molecule has 8 nitrogen and oxygen atoms in total. The summed E-state index contributed by atoms with van der Waals surface area (Å²) in [7, 11) is 1.55. The van der Waals surface area contributed by atoms with E-state index in [1.807, 2.05) is 0 Å². The second kappa shape index (κ2) is 6.55. The van der Waals surface area contributed by atoms with Crippen LogP contribution in [0.4, 0.5) is 11.6 Å². The predicted octanol–water partition coefficient (Wildman–Crippen LogP) is 2.63. The minimum absolute atomic E-state index is 0.114. The molecule has 3 rings (SSSR count). The highest BCUT2D eigenvalue weighted by molar-refractivity contribution is 6.33. The minimum atomic E-state index is -0.482. The Morgan fingerprint density at radius 3 is 2.88 bits per heavy atom. The van der Waals surface area contributed by atoms with Crippen molar-refractivity contribution >= 4 is 29.1 Å². The number of halogens is 1. The van der Waals surface area contributed by atoms with E-state index in [1.54, 1.807) is 25.3 Å². The number of nitrogen functional groups attached to an aromatic ring is 1. The van der Waals surface area contributed by atoms with Crippen LogP contribution in [0.25, 0.3) is 11.3 Å². The van der Waals surface area contributed by atoms with Crippen LogP contribution in [0.15, 0.2) is 41.2 Å². The number of benzene rings is 1. The van der Waals surface area contributed by atoms with E-state index in [0.29, 0.717) is 22.0 Å². The summed E-state index contributed by atoms with van der Waals surface area (Å²) in [6.45, 7) is 0. The van der Waals surface area contributed by atoms with Gasteiger partial charge in [0.15, 0.2) is 17.3 Å². The first-order valence-corrected chi connectivity index (χ1v) is 7.14. The third-order valence-electron chi connectivity index (χ3n) is 3.14. The Morgan fingerprint density at radius 1 is 1.38 bits per heavy atom. The molecule has 9 heteroatoms. The molecule has 2 aromatic heterocycles. The van der Waals surface area contributed by atoms with Gasteiger partial charge in [-0.15, -0.1) is 0 Å². The fraction of sp³-hybridized carbons (Fsp3) is 0.0667. The van der Waals surface area contributed by atoms with Crippen LogP contribution in [0, 0.1) is 0 Å². The van der Waals surface area contributed by atoms with E-state index in [1.165, 1.54) is 18.5 Å². The molecule has 0 saturated heterocycles. The number of carbonyl (C=O) groups excluding carboxylic acids is 1. The van der Waals surface area contributed by atoms with Crippen molar-refractivity contribution in [2.24, 2.45) is 0 Å². The Balaban J connectivity index is 1.89. The van der Waals surface area contributed by atoms with Gasteiger partial charge in [-0.1, -0.05) is 16.8 Å². The van der Waals surface area contributed by atoms with Crippen molar-refractivity contribution in [3.05, 3.63) is 47.4 Å². The van der Waals surface area contributed by atoms with Crippen molar-refractivity contribution in [2.75, 3.05) is 18.2 Å². The molecule has 1 amide bonds. The van der Waals surface area contributed by atoms with Crippen molar-refractivity contribution in [2.45, 2.75) is 0 Å². The van der Waals surface area contributed by atoms with Gasteiger partial charge < -0.3 is 20.3 Å². The van der Waals surface area contributed by atoms with E-state index in [4.69, 9.17) is 22.1 Å². The van der Waals surface area contributed by atoms with E-state index >= 15 is 0 Å². The fourth-order valence-corrected chi connectivity index (χ4v) is 2.20. The Labute approximate surface area is 141 Å². The summed E-state index contributed by atoms with van der Waals surface area (Å²) >= 11 is 6.18. The Morgan fingerprint density at radius 2 is 2.21 bits per heavy atom. The lowest BCUT2D eigenvalue weighted by Crippen LogP contribution is -2.14. The normalized spacial score (nSPS) is 10.4. The second-order valence-electron chi connectivity index (χ2n) is 4.67. The summed E-state index contributed by atoms with van der Waals surface area (Å²) in [6.07, 6.45) is 2.67. The largest absolute Gasteiger partial charge is 0.497 e. The van der Waals surface area contributed by atoms with Crippen molar-refractivity contribution in [3.63, 3.8) is 0 Å². The van der Waals surface area contributed by atoms with Crippen LogP contribution in [0.3, 0.4) is 0 Å². The summed E-state index contributed by atoms with van der Waals surface area (Å²) in [5.74, 6) is 0.426. The van der Waals surface area contributed by atoms with Gasteiger partial charge in [-0.05, 0) is 18.2 Å². The molecule has 0 aliphatic carbocycles. The maximum Gasteiger partial charge on any atom is 0.279 e. The molecule has 24 heavy (non-hydrogen) atoms. The summed E-state index contributed by atoms with van der Waals surface area (Å²) in [5.41, 5.74) is 7.04. The monoisotopic (exact) mass is 345 g/mol. The first kappa shape index (κ1) is 15.8. The molecule has 3 aromatic rings. The van der Waals surface area contributed by atoms with Crippen LogP contribution in [0.2, 0.25) is 5.02 Å². The van der Waals surface area contributed by atoms with Gasteiger partial charge in [-0.3, -0.25) is 4.79 Å². The van der Waals surface area contributed by atoms with Gasteiger partial charge in [0.05, 0.1) is 18.3 Å². The third kappa shape index (κ3) is 3.13. The number of hydrogen-bond donors (Lipinski definition) is 2. The first-order chi connectivity index (χ1) is 11.6. The third-order valence-corrected chi connectivity index (χ3v) is 3.47. The number of aromatic nitrogens is 3. The molecule has 0 radical (unpaired) electrons. The Kier molecular flexibility index (Phi) is 4.30. The average Bonchev–Trinajstić information content (AvgIpc) is 3.11. The lowest BCUT2D eigenvalue weighted by Gasteiger charge is -2.10. The average molecular weight is 346 g/mol. The molecule has 3 N–H and O–H groups in total. The second-order valence-corrected chi connectivity index (χ2v) is 5.08. The number of anilines is 2. The van der Waals surface area contributed by atoms with E-state index in [9.17, 15) is 4.79 Å². The van der Waals surface area contributed by atoms with Gasteiger partial charge >= 0.3 is 0 Å². The zero-order chi connectivity index (χ0) is 17.1. The number of methoxy groups -OCH3 is 1. The highest BCUT2D eigenvalue weighted by Gasteiger charge is 2.14. The lowest BCUT2D eigenvalue weighted by atomic mass is 10.1. The topological polar surface area (TPSA) is 116 Å². The summed E-state index contributed by atoms with van der Waals surface area (Å²) in [6, 6.07) is 6.53. The van der Waals surface area contributed by atoms with Crippen LogP contribution in [0.5, 0.6) is 5.75 Å². The molecule has 1 aromatic carbocycles. The molecule has 0 spiro atoms. The number of ether oxygens (including phenoxy) is 1. The molecule has 0 bridgehead atoms. The van der Waals surface area contributed by atoms with Gasteiger partial charge in [-0.2, -0.15) is 0 Å². The molecule has 2 heterocycles. The zero-order valence-corrected chi connectivity index (χ0v) is 13.2. The molecule has 0 atom stereocenters. The minimum Gasteiger partial charge on any atom is -0.497 e. The van der Waals surface area contributed by atoms with Crippen LogP contribution in [0.1, 0.15) is 10.5 Å². The van der Waals surface area contributed by atoms with Crippen molar-refractivity contribution in [1.29, 1.82) is 0 Å². The molecular weight excluding hydrogens is 334 g/mol. The predicted molar refractivity (Wildman–Crippen MR) is 87.9 cm³/mol. The molecule has 0 aliphatic heterocycles. The van der Waals surface area contributed by atoms with Crippen LogP contribution in [-0.2, 0) is 0 Å². The number of rotatable bonds is 4. The highest BCUT2D eigenvalue weighted by Crippen LogP contribution is 2.33. The quantitative estimate of drug-likeness (QED) is 0.746. The van der Waals surface area contributed by atoms with Crippen LogP contribution < -0.4 is 15.8 Å². The number of nitrogens with two attached hydrogens (primary N) is 1. The van der Waals surface area contributed by atoms with Crippen LogP contribution >= 0.6 is 11.6 Å². The van der Waals surface area contributed by atoms with Gasteiger partial charge in [0.2, 0.25) is 0 Å². The van der Waals surface area contributed by atoms with Gasteiger partial charge in [0.25, 0.3) is 5.91 Å². The summed E-state index contributed by atoms with van der Waals surface area (Å²) in [5, 5.41) is 6.52. The fourth-order valence-electron chi connectivity index (χ4n) is 1.99. The van der Waals surface area contributed by atoms with Crippen molar-refractivity contribution in [1.82, 2.24) is 15.1 Å². The Bertz CT molecular complexity index is 883. The van der Waals surface area contributed by atoms with Crippen molar-refractivity contribution in [3.8, 4) is 17.0 Å². The number of nitrogens with zero attached hydrogens (tertiary/aromatic N) is 3. The smallest absolute Gasteiger partial charge is 0.279 e. The molecular formula is C15H12ClN5O3. The van der Waals surface area contributed by atoms with Crippen LogP contribution in [-0.4, -0.2) is 28.1 Å². The standard InChI is InChI=1S/C15H12ClN5O3/c1-23-8-2-3-10(16)9(6-8)13-14(17)19-12(7-18-13)20-15(22)11-4-5-24-21-11/h2-7H,1H3,(H3,17,19,20,22). The lowest BCUT2D eigenvalue weighted by molar-refractivity contribution is 0.101. The van der Waals surface area contributed by atoms with E-state index in [2.05, 4.69) is 25.0 Å². The molecule has 0 saturated carbocycles. The number of hydrogen-bond acceptors (Lipinski definition) is 7. The number of amides is 1. The number of nitrogens with one attached hydrogen (secondary N) is 1. The van der Waals surface area contributed by atoms with E-state index < -0.39 is 5.91 Å². The van der Waals surface area contributed by atoms with E-state index in [-0.39, 0.29) is 17.3 Å². The molecule has 0 aliphatic rings. The van der Waals surface area contributed by atoms with Gasteiger partial charge in [-0.25, -0.2) is 9.97 Å². The summed E-state index contributed by atoms with van der Waals surface area (Å²) in [4.78, 5) is 20.3. The van der Waals surface area contributed by atoms with E-state index in [0.717, 1.165) is 0 Å². The zero-order valence-electron chi connectivity index (χ0n) is 12.5. The maximum atomic E-state index is 11.9. The number of carbonyl (C=O) groups is 1.